The van der Waals surface area contributed by atoms with Gasteiger partial charge in [0.15, 0.2) is 0 Å². The lowest BCUT2D eigenvalue weighted by Gasteiger charge is -2.32. The van der Waals surface area contributed by atoms with Crippen LogP contribution in [-0.4, -0.2) is 51.0 Å². The predicted octanol–water partition coefficient (Wildman–Crippen LogP) is 3.31. The van der Waals surface area contributed by atoms with Crippen LogP contribution in [0.1, 0.15) is 18.9 Å². The van der Waals surface area contributed by atoms with Gasteiger partial charge in [-0.15, -0.1) is 0 Å². The van der Waals surface area contributed by atoms with Gasteiger partial charge in [0.25, 0.3) is 0 Å². The standard InChI is InChI=1S/C21H25Cl2N3O4S/c1-4-19(21(28)24-2)25(13-15-7-5-6-8-18(15)23)20(27)14-26(31(3,29)30)17-11-9-16(22)10-12-17/h5-12,19H,4,13-14H2,1-3H3,(H,24,28). The average molecular weight is 486 g/mol. The van der Waals surface area contributed by atoms with E-state index in [4.69, 9.17) is 23.2 Å². The minimum Gasteiger partial charge on any atom is -0.357 e. The second kappa shape index (κ2) is 10.8. The van der Waals surface area contributed by atoms with E-state index in [0.717, 1.165) is 10.6 Å². The van der Waals surface area contributed by atoms with E-state index in [1.807, 2.05) is 0 Å². The highest BCUT2D eigenvalue weighted by molar-refractivity contribution is 7.92. The summed E-state index contributed by atoms with van der Waals surface area (Å²) in [4.78, 5) is 27.2. The topological polar surface area (TPSA) is 86.8 Å². The first-order valence-electron chi connectivity index (χ1n) is 9.56. The summed E-state index contributed by atoms with van der Waals surface area (Å²) in [6.07, 6.45) is 1.36. The molecule has 0 saturated carbocycles. The van der Waals surface area contributed by atoms with Gasteiger partial charge in [-0.2, -0.15) is 0 Å². The van der Waals surface area contributed by atoms with Crippen molar-refractivity contribution in [2.45, 2.75) is 25.9 Å². The Morgan fingerprint density at radius 2 is 1.68 bits per heavy atom. The molecule has 0 saturated heterocycles. The summed E-state index contributed by atoms with van der Waals surface area (Å²) < 4.78 is 25.9. The molecule has 0 spiro atoms. The molecule has 0 aliphatic rings. The second-order valence-corrected chi connectivity index (χ2v) is 9.65. The molecule has 0 bridgehead atoms. The van der Waals surface area contributed by atoms with Crippen molar-refractivity contribution in [3.05, 3.63) is 64.1 Å². The van der Waals surface area contributed by atoms with Crippen LogP contribution in [0.15, 0.2) is 48.5 Å². The second-order valence-electron chi connectivity index (χ2n) is 6.90. The molecule has 1 unspecified atom stereocenters. The number of amides is 2. The maximum atomic E-state index is 13.3. The summed E-state index contributed by atoms with van der Waals surface area (Å²) in [5, 5.41) is 3.45. The van der Waals surface area contributed by atoms with E-state index in [0.29, 0.717) is 27.7 Å². The summed E-state index contributed by atoms with van der Waals surface area (Å²) in [7, 11) is -2.30. The van der Waals surface area contributed by atoms with Gasteiger partial charge in [0, 0.05) is 23.6 Å². The Balaban J connectivity index is 2.43. The van der Waals surface area contributed by atoms with E-state index in [1.165, 1.54) is 24.1 Å². The van der Waals surface area contributed by atoms with Crippen molar-refractivity contribution in [1.82, 2.24) is 10.2 Å². The molecule has 7 nitrogen and oxygen atoms in total. The molecular formula is C21H25Cl2N3O4S. The summed E-state index contributed by atoms with van der Waals surface area (Å²) in [6.45, 7) is 1.36. The van der Waals surface area contributed by atoms with E-state index < -0.39 is 28.5 Å². The van der Waals surface area contributed by atoms with Crippen LogP contribution in [0, 0.1) is 0 Å². The van der Waals surface area contributed by atoms with Gasteiger partial charge in [0.2, 0.25) is 21.8 Å². The van der Waals surface area contributed by atoms with Crippen LogP contribution >= 0.6 is 23.2 Å². The molecule has 168 valence electrons. The maximum absolute atomic E-state index is 13.3. The lowest BCUT2D eigenvalue weighted by atomic mass is 10.1. The third-order valence-corrected chi connectivity index (χ3v) is 6.49. The molecule has 0 aliphatic heterocycles. The van der Waals surface area contributed by atoms with Crippen LogP contribution in [-0.2, 0) is 26.2 Å². The minimum atomic E-state index is -3.78. The van der Waals surface area contributed by atoms with Gasteiger partial charge in [-0.3, -0.25) is 13.9 Å². The fraction of sp³-hybridized carbons (Fsp3) is 0.333. The highest BCUT2D eigenvalue weighted by atomic mass is 35.5. The number of rotatable bonds is 9. The van der Waals surface area contributed by atoms with Crippen molar-refractivity contribution in [2.24, 2.45) is 0 Å². The van der Waals surface area contributed by atoms with E-state index in [-0.39, 0.29) is 12.5 Å². The smallest absolute Gasteiger partial charge is 0.244 e. The van der Waals surface area contributed by atoms with Crippen LogP contribution in [0.2, 0.25) is 10.0 Å². The van der Waals surface area contributed by atoms with Gasteiger partial charge in [-0.25, -0.2) is 8.42 Å². The number of likely N-dealkylation sites (N-methyl/N-ethyl adjacent to an activating group) is 1. The first kappa shape index (κ1) is 25.0. The molecule has 2 aromatic carbocycles. The number of anilines is 1. The van der Waals surface area contributed by atoms with Gasteiger partial charge in [-0.05, 0) is 42.3 Å². The molecule has 31 heavy (non-hydrogen) atoms. The van der Waals surface area contributed by atoms with Gasteiger partial charge < -0.3 is 10.2 Å². The molecule has 0 heterocycles. The molecule has 2 aromatic rings. The fourth-order valence-electron chi connectivity index (χ4n) is 3.12. The lowest BCUT2D eigenvalue weighted by Crippen LogP contribution is -2.51. The van der Waals surface area contributed by atoms with Crippen molar-refractivity contribution in [3.63, 3.8) is 0 Å². The fourth-order valence-corrected chi connectivity index (χ4v) is 4.29. The van der Waals surface area contributed by atoms with Gasteiger partial charge >= 0.3 is 0 Å². The van der Waals surface area contributed by atoms with Gasteiger partial charge in [0.05, 0.1) is 11.9 Å². The van der Waals surface area contributed by atoms with E-state index in [2.05, 4.69) is 5.32 Å². The SMILES string of the molecule is CCC(C(=O)NC)N(Cc1ccccc1Cl)C(=O)CN(c1ccc(Cl)cc1)S(C)(=O)=O. The zero-order valence-electron chi connectivity index (χ0n) is 17.5. The number of carbonyl (C=O) groups is 2. The molecule has 0 fully saturated rings. The monoisotopic (exact) mass is 485 g/mol. The molecule has 2 amide bonds. The third kappa shape index (κ3) is 6.59. The van der Waals surface area contributed by atoms with Crippen LogP contribution in [0.5, 0.6) is 0 Å². The highest BCUT2D eigenvalue weighted by Crippen LogP contribution is 2.23. The maximum Gasteiger partial charge on any atom is 0.244 e. The number of halogens is 2. The van der Waals surface area contributed by atoms with Gasteiger partial charge in [0.1, 0.15) is 12.6 Å². The van der Waals surface area contributed by atoms with Crippen LogP contribution in [0.4, 0.5) is 5.69 Å². The first-order valence-corrected chi connectivity index (χ1v) is 12.2. The van der Waals surface area contributed by atoms with E-state index in [1.54, 1.807) is 43.3 Å². The first-order chi connectivity index (χ1) is 14.6. The lowest BCUT2D eigenvalue weighted by molar-refractivity contribution is -0.140. The molecule has 10 heteroatoms. The molecule has 0 aromatic heterocycles. The number of benzene rings is 2. The Morgan fingerprint density at radius 1 is 1.06 bits per heavy atom. The normalized spacial score (nSPS) is 12.2. The van der Waals surface area contributed by atoms with E-state index in [9.17, 15) is 18.0 Å². The summed E-state index contributed by atoms with van der Waals surface area (Å²) in [5.74, 6) is -0.879. The number of nitrogens with one attached hydrogen (secondary N) is 1. The summed E-state index contributed by atoms with van der Waals surface area (Å²) in [5.41, 5.74) is 0.947. The Labute approximate surface area is 193 Å². The molecular weight excluding hydrogens is 461 g/mol. The van der Waals surface area contributed by atoms with E-state index >= 15 is 0 Å². The molecule has 2 rings (SSSR count). The van der Waals surface area contributed by atoms with Crippen LogP contribution < -0.4 is 9.62 Å². The van der Waals surface area contributed by atoms with Gasteiger partial charge in [-0.1, -0.05) is 48.3 Å². The number of sulfonamides is 1. The zero-order chi connectivity index (χ0) is 23.2. The third-order valence-electron chi connectivity index (χ3n) is 4.72. The number of nitrogens with zero attached hydrogens (tertiary/aromatic N) is 2. The Morgan fingerprint density at radius 3 is 2.19 bits per heavy atom. The number of carbonyl (C=O) groups excluding carboxylic acids is 2. The summed E-state index contributed by atoms with van der Waals surface area (Å²) >= 11 is 12.2. The molecule has 1 N–H and O–H groups in total. The van der Waals surface area contributed by atoms with Crippen molar-refractivity contribution < 1.29 is 18.0 Å². The Kier molecular flexibility index (Phi) is 8.73. The predicted molar refractivity (Wildman–Crippen MR) is 124 cm³/mol. The van der Waals surface area contributed by atoms with Crippen molar-refractivity contribution in [3.8, 4) is 0 Å². The summed E-state index contributed by atoms with van der Waals surface area (Å²) in [6, 6.07) is 12.3. The highest BCUT2D eigenvalue weighted by Gasteiger charge is 2.31. The van der Waals surface area contributed by atoms with Crippen molar-refractivity contribution >= 4 is 50.7 Å². The Bertz CT molecular complexity index is 1030. The molecule has 0 radical (unpaired) electrons. The molecule has 0 aliphatic carbocycles. The Hall–Kier alpha value is -2.29. The molecule has 1 atom stereocenters. The van der Waals surface area contributed by atoms with Crippen molar-refractivity contribution in [1.29, 1.82) is 0 Å². The quantitative estimate of drug-likeness (QED) is 0.589. The average Bonchev–Trinajstić information content (AvgIpc) is 2.72. The van der Waals surface area contributed by atoms with Crippen LogP contribution in [0.3, 0.4) is 0 Å². The zero-order valence-corrected chi connectivity index (χ0v) is 19.8. The largest absolute Gasteiger partial charge is 0.357 e. The van der Waals surface area contributed by atoms with Crippen LogP contribution in [0.25, 0.3) is 0 Å². The minimum absolute atomic E-state index is 0.0582. The number of hydrogen-bond donors (Lipinski definition) is 1. The van der Waals surface area contributed by atoms with Crippen molar-refractivity contribution in [2.75, 3.05) is 24.2 Å². The number of hydrogen-bond acceptors (Lipinski definition) is 4.